The van der Waals surface area contributed by atoms with Crippen molar-refractivity contribution in [1.82, 2.24) is 19.8 Å². The maximum atomic E-state index is 14.8. The number of aliphatic hydroxyl groups excluding tert-OH is 2. The second-order valence-electron chi connectivity index (χ2n) is 10.3. The number of carbonyl (C=O) groups excluding carboxylic acids is 1. The van der Waals surface area contributed by atoms with Crippen molar-refractivity contribution in [1.29, 1.82) is 0 Å². The molecule has 3 aromatic rings. The summed E-state index contributed by atoms with van der Waals surface area (Å²) in [4.78, 5) is 19.3. The van der Waals surface area contributed by atoms with Crippen molar-refractivity contribution in [3.63, 3.8) is 0 Å². The molecule has 0 aliphatic carbocycles. The standard InChI is InChI=1S/C29H32F2N4O4/c1-4-24(36)28(38)35(16-19-13-32-14-25(19)37)26(29(2,3)39)27-33-23(21-12-20(30)10-11-22(21)31)17-34(27)15-18-8-6-5-7-9-18/h1,5-12,17,19,24-26,32,36-37,39H,13-16H2,2-3H3. The zero-order chi connectivity index (χ0) is 28.3. The first-order valence-electron chi connectivity index (χ1n) is 12.6. The predicted molar refractivity (Wildman–Crippen MR) is 141 cm³/mol. The number of aliphatic hydroxyl groups is 3. The fraction of sp³-hybridized carbons (Fsp3) is 0.379. The van der Waals surface area contributed by atoms with Crippen LogP contribution < -0.4 is 5.32 Å². The van der Waals surface area contributed by atoms with Gasteiger partial charge in [-0.15, -0.1) is 6.42 Å². The van der Waals surface area contributed by atoms with Crippen LogP contribution in [0.5, 0.6) is 0 Å². The van der Waals surface area contributed by atoms with Gasteiger partial charge in [0.15, 0.2) is 6.10 Å². The van der Waals surface area contributed by atoms with E-state index in [-0.39, 0.29) is 30.2 Å². The topological polar surface area (TPSA) is 111 Å². The van der Waals surface area contributed by atoms with Gasteiger partial charge in [0.25, 0.3) is 5.91 Å². The molecule has 8 nitrogen and oxygen atoms in total. The van der Waals surface area contributed by atoms with Gasteiger partial charge in [-0.25, -0.2) is 13.8 Å². The zero-order valence-corrected chi connectivity index (χ0v) is 21.8. The maximum Gasteiger partial charge on any atom is 0.264 e. The highest BCUT2D eigenvalue weighted by atomic mass is 19.1. The third-order valence-electron chi connectivity index (χ3n) is 6.84. The van der Waals surface area contributed by atoms with Crippen molar-refractivity contribution in [3.8, 4) is 23.6 Å². The molecule has 2 heterocycles. The maximum absolute atomic E-state index is 14.8. The molecule has 1 saturated heterocycles. The van der Waals surface area contributed by atoms with Crippen LogP contribution in [0.2, 0.25) is 0 Å². The number of nitrogens with one attached hydrogen (secondary N) is 1. The fourth-order valence-electron chi connectivity index (χ4n) is 4.92. The summed E-state index contributed by atoms with van der Waals surface area (Å²) in [6.07, 6.45) is 4.32. The highest BCUT2D eigenvalue weighted by Crippen LogP contribution is 2.36. The summed E-state index contributed by atoms with van der Waals surface area (Å²) in [5, 5.41) is 35.3. The van der Waals surface area contributed by atoms with E-state index in [2.05, 4.69) is 10.3 Å². The van der Waals surface area contributed by atoms with Crippen molar-refractivity contribution >= 4 is 5.91 Å². The Hall–Kier alpha value is -3.62. The summed E-state index contributed by atoms with van der Waals surface area (Å²) in [5.41, 5.74) is -0.776. The Bertz CT molecular complexity index is 1350. The van der Waals surface area contributed by atoms with Crippen LogP contribution in [0.4, 0.5) is 8.78 Å². The Morgan fingerprint density at radius 2 is 1.97 bits per heavy atom. The van der Waals surface area contributed by atoms with E-state index in [1.165, 1.54) is 24.9 Å². The van der Waals surface area contributed by atoms with E-state index in [1.807, 2.05) is 36.3 Å². The summed E-state index contributed by atoms with van der Waals surface area (Å²) in [6, 6.07) is 11.1. The molecule has 1 amide bonds. The molecule has 4 unspecified atom stereocenters. The van der Waals surface area contributed by atoms with Crippen LogP contribution in [0.1, 0.15) is 31.3 Å². The molecule has 4 rings (SSSR count). The normalized spacial score (nSPS) is 18.9. The Morgan fingerprint density at radius 1 is 1.26 bits per heavy atom. The molecule has 0 radical (unpaired) electrons. The van der Waals surface area contributed by atoms with Crippen LogP contribution in [0.3, 0.4) is 0 Å². The number of hydrogen-bond acceptors (Lipinski definition) is 6. The number of halogens is 2. The fourth-order valence-corrected chi connectivity index (χ4v) is 4.92. The summed E-state index contributed by atoms with van der Waals surface area (Å²) in [7, 11) is 0. The number of imidazole rings is 1. The van der Waals surface area contributed by atoms with Crippen LogP contribution in [0.15, 0.2) is 54.7 Å². The molecule has 0 bridgehead atoms. The highest BCUT2D eigenvalue weighted by Gasteiger charge is 2.43. The number of terminal acetylenes is 1. The van der Waals surface area contributed by atoms with Gasteiger partial charge in [-0.2, -0.15) is 0 Å². The number of benzene rings is 2. The van der Waals surface area contributed by atoms with Crippen molar-refractivity contribution in [3.05, 3.63) is 77.8 Å². The van der Waals surface area contributed by atoms with Gasteiger partial charge in [0.05, 0.1) is 17.4 Å². The lowest BCUT2D eigenvalue weighted by Crippen LogP contribution is -2.52. The Balaban J connectivity index is 1.89. The van der Waals surface area contributed by atoms with Gasteiger partial charge < -0.3 is 30.1 Å². The van der Waals surface area contributed by atoms with Crippen LogP contribution in [0, 0.1) is 29.9 Å². The van der Waals surface area contributed by atoms with Gasteiger partial charge >= 0.3 is 0 Å². The van der Waals surface area contributed by atoms with E-state index in [0.717, 1.165) is 23.8 Å². The van der Waals surface area contributed by atoms with E-state index in [4.69, 9.17) is 6.42 Å². The Kier molecular flexibility index (Phi) is 8.47. The van der Waals surface area contributed by atoms with Crippen LogP contribution in [-0.2, 0) is 11.3 Å². The second kappa shape index (κ2) is 11.6. The summed E-state index contributed by atoms with van der Waals surface area (Å²) in [6.45, 7) is 3.86. The number of nitrogens with zero attached hydrogens (tertiary/aromatic N) is 3. The number of rotatable bonds is 9. The second-order valence-corrected chi connectivity index (χ2v) is 10.3. The third-order valence-corrected chi connectivity index (χ3v) is 6.84. The molecule has 2 aromatic carbocycles. The lowest BCUT2D eigenvalue weighted by molar-refractivity contribution is -0.148. The first kappa shape index (κ1) is 28.4. The average Bonchev–Trinajstić information content (AvgIpc) is 3.49. The lowest BCUT2D eigenvalue weighted by Gasteiger charge is -2.40. The largest absolute Gasteiger partial charge is 0.391 e. The van der Waals surface area contributed by atoms with E-state index >= 15 is 0 Å². The van der Waals surface area contributed by atoms with Crippen LogP contribution in [0.25, 0.3) is 11.3 Å². The van der Waals surface area contributed by atoms with Crippen molar-refractivity contribution in [2.45, 2.75) is 44.2 Å². The molecule has 4 N–H and O–H groups in total. The van der Waals surface area contributed by atoms with Gasteiger partial charge in [-0.05, 0) is 37.6 Å². The molecular weight excluding hydrogens is 506 g/mol. The summed E-state index contributed by atoms with van der Waals surface area (Å²) >= 11 is 0. The SMILES string of the molecule is C#CC(O)C(=O)N(CC1CNCC1O)C(c1nc(-c2cc(F)ccc2F)cn1Cc1ccccc1)C(C)(C)O. The van der Waals surface area contributed by atoms with Crippen molar-refractivity contribution in [2.24, 2.45) is 5.92 Å². The average molecular weight is 539 g/mol. The molecule has 1 aliphatic heterocycles. The molecule has 4 atom stereocenters. The van der Waals surface area contributed by atoms with Crippen molar-refractivity contribution in [2.75, 3.05) is 19.6 Å². The number of carbonyl (C=O) groups is 1. The molecule has 206 valence electrons. The van der Waals surface area contributed by atoms with Crippen LogP contribution >= 0.6 is 0 Å². The molecule has 10 heteroatoms. The van der Waals surface area contributed by atoms with Gasteiger partial charge in [-0.1, -0.05) is 36.3 Å². The minimum Gasteiger partial charge on any atom is -0.391 e. The van der Waals surface area contributed by atoms with E-state index < -0.39 is 47.3 Å². The monoisotopic (exact) mass is 538 g/mol. The number of amides is 1. The predicted octanol–water partition coefficient (Wildman–Crippen LogP) is 2.09. The van der Waals surface area contributed by atoms with E-state index in [0.29, 0.717) is 13.1 Å². The molecule has 1 fully saturated rings. The molecular formula is C29H32F2N4O4. The van der Waals surface area contributed by atoms with E-state index in [1.54, 1.807) is 4.57 Å². The lowest BCUT2D eigenvalue weighted by atomic mass is 9.93. The first-order chi connectivity index (χ1) is 18.5. The summed E-state index contributed by atoms with van der Waals surface area (Å²) < 4.78 is 30.5. The number of aromatic nitrogens is 2. The zero-order valence-electron chi connectivity index (χ0n) is 21.8. The smallest absolute Gasteiger partial charge is 0.264 e. The van der Waals surface area contributed by atoms with Gasteiger partial charge in [-0.3, -0.25) is 4.79 Å². The minimum absolute atomic E-state index is 0.0533. The summed E-state index contributed by atoms with van der Waals surface area (Å²) in [5.74, 6) is -0.415. The minimum atomic E-state index is -1.81. The molecule has 1 aromatic heterocycles. The molecule has 1 aliphatic rings. The third kappa shape index (κ3) is 6.34. The van der Waals surface area contributed by atoms with Crippen molar-refractivity contribution < 1.29 is 28.9 Å². The molecule has 0 spiro atoms. The Morgan fingerprint density at radius 3 is 2.59 bits per heavy atom. The molecule has 39 heavy (non-hydrogen) atoms. The Labute approximate surface area is 225 Å². The number of β-amino-alcohol motifs (C(OH)–C–C–N with tert-alkyl or cyclic N) is 1. The van der Waals surface area contributed by atoms with Gasteiger partial charge in [0, 0.05) is 43.9 Å². The van der Waals surface area contributed by atoms with E-state index in [9.17, 15) is 28.9 Å². The highest BCUT2D eigenvalue weighted by molar-refractivity contribution is 5.84. The van der Waals surface area contributed by atoms with Crippen LogP contribution in [-0.4, -0.2) is 73.1 Å². The first-order valence-corrected chi connectivity index (χ1v) is 12.6. The molecule has 0 saturated carbocycles. The van der Waals surface area contributed by atoms with Gasteiger partial charge in [0.2, 0.25) is 0 Å². The number of hydrogen-bond donors (Lipinski definition) is 4. The quantitative estimate of drug-likeness (QED) is 0.311. The van der Waals surface area contributed by atoms with Gasteiger partial charge in [0.1, 0.15) is 23.5 Å².